The molecule has 0 aliphatic heterocycles. The third-order valence-electron chi connectivity index (χ3n) is 2.70. The highest BCUT2D eigenvalue weighted by molar-refractivity contribution is 9.10. The van der Waals surface area contributed by atoms with E-state index in [-0.39, 0.29) is 5.91 Å². The number of amides is 1. The quantitative estimate of drug-likeness (QED) is 0.840. The van der Waals surface area contributed by atoms with E-state index in [9.17, 15) is 4.79 Å². The van der Waals surface area contributed by atoms with E-state index in [1.807, 2.05) is 17.8 Å². The maximum absolute atomic E-state index is 11.3. The zero-order chi connectivity index (χ0) is 11.5. The summed E-state index contributed by atoms with van der Waals surface area (Å²) in [7, 11) is 0. The number of hydrogen-bond donors (Lipinski definition) is 1. The summed E-state index contributed by atoms with van der Waals surface area (Å²) in [5, 5.41) is 7.28. The number of carbonyl (C=O) groups excluding carboxylic acids is 1. The van der Waals surface area contributed by atoms with Crippen molar-refractivity contribution in [3.63, 3.8) is 0 Å². The van der Waals surface area contributed by atoms with Crippen LogP contribution in [0.15, 0.2) is 10.7 Å². The second kappa shape index (κ2) is 4.99. The van der Waals surface area contributed by atoms with E-state index in [2.05, 4.69) is 26.3 Å². The van der Waals surface area contributed by atoms with Crippen molar-refractivity contribution in [3.05, 3.63) is 16.4 Å². The Labute approximate surface area is 104 Å². The Kier molecular flexibility index (Phi) is 3.63. The molecule has 1 aliphatic rings. The van der Waals surface area contributed by atoms with Crippen LogP contribution in [0.2, 0.25) is 0 Å². The molecule has 16 heavy (non-hydrogen) atoms. The van der Waals surface area contributed by atoms with Crippen molar-refractivity contribution in [3.8, 4) is 0 Å². The molecule has 5 heteroatoms. The Morgan fingerprint density at radius 1 is 1.69 bits per heavy atom. The molecule has 1 aromatic rings. The first-order chi connectivity index (χ1) is 7.66. The summed E-state index contributed by atoms with van der Waals surface area (Å²) in [5.41, 5.74) is 1.00. The molecule has 2 rings (SSSR count). The number of carbonyl (C=O) groups is 1. The van der Waals surface area contributed by atoms with Gasteiger partial charge in [-0.15, -0.1) is 0 Å². The van der Waals surface area contributed by atoms with Gasteiger partial charge < -0.3 is 5.32 Å². The Hall–Kier alpha value is -0.840. The Morgan fingerprint density at radius 2 is 2.44 bits per heavy atom. The van der Waals surface area contributed by atoms with E-state index in [0.29, 0.717) is 5.92 Å². The molecule has 1 amide bonds. The summed E-state index contributed by atoms with van der Waals surface area (Å²) in [6.07, 6.45) is 5.03. The second-order valence-corrected chi connectivity index (χ2v) is 5.10. The fraction of sp³-hybridized carbons (Fsp3) is 0.636. The normalized spacial score (nSPS) is 15.1. The Bertz CT molecular complexity index is 365. The fourth-order valence-corrected chi connectivity index (χ4v) is 1.87. The van der Waals surface area contributed by atoms with Gasteiger partial charge in [0.1, 0.15) is 0 Å². The summed E-state index contributed by atoms with van der Waals surface area (Å²) in [5.74, 6) is 0.527. The number of aryl methyl sites for hydroxylation is 2. The first kappa shape index (κ1) is 11.6. The van der Waals surface area contributed by atoms with Crippen molar-refractivity contribution in [1.82, 2.24) is 15.1 Å². The fourth-order valence-electron chi connectivity index (χ4n) is 1.55. The van der Waals surface area contributed by atoms with E-state index in [1.165, 1.54) is 0 Å². The minimum absolute atomic E-state index is 0.220. The van der Waals surface area contributed by atoms with Crippen LogP contribution in [0.25, 0.3) is 0 Å². The number of aromatic nitrogens is 2. The molecule has 0 unspecified atom stereocenters. The van der Waals surface area contributed by atoms with Crippen LogP contribution in [0.3, 0.4) is 0 Å². The van der Waals surface area contributed by atoms with Gasteiger partial charge in [0, 0.05) is 25.2 Å². The Balaban J connectivity index is 1.65. The summed E-state index contributed by atoms with van der Waals surface area (Å²) in [4.78, 5) is 11.3. The van der Waals surface area contributed by atoms with Crippen molar-refractivity contribution in [1.29, 1.82) is 0 Å². The van der Waals surface area contributed by atoms with Gasteiger partial charge in [-0.25, -0.2) is 0 Å². The van der Waals surface area contributed by atoms with Crippen LogP contribution in [0.5, 0.6) is 0 Å². The van der Waals surface area contributed by atoms with Gasteiger partial charge in [-0.05, 0) is 42.1 Å². The molecule has 0 radical (unpaired) electrons. The second-order valence-electron chi connectivity index (χ2n) is 4.24. The van der Waals surface area contributed by atoms with Gasteiger partial charge in [0.25, 0.3) is 0 Å². The van der Waals surface area contributed by atoms with Crippen molar-refractivity contribution in [2.75, 3.05) is 6.54 Å². The van der Waals surface area contributed by atoms with Crippen molar-refractivity contribution < 1.29 is 4.79 Å². The van der Waals surface area contributed by atoms with Gasteiger partial charge in [-0.1, -0.05) is 0 Å². The van der Waals surface area contributed by atoms with Crippen molar-refractivity contribution in [2.24, 2.45) is 5.92 Å². The zero-order valence-electron chi connectivity index (χ0n) is 9.37. The summed E-state index contributed by atoms with van der Waals surface area (Å²) in [6.45, 7) is 3.55. The molecule has 1 saturated carbocycles. The predicted octanol–water partition coefficient (Wildman–Crippen LogP) is 1.87. The van der Waals surface area contributed by atoms with Crippen LogP contribution >= 0.6 is 15.9 Å². The highest BCUT2D eigenvalue weighted by Crippen LogP contribution is 2.28. The van der Waals surface area contributed by atoms with E-state index in [4.69, 9.17) is 0 Å². The summed E-state index contributed by atoms with van der Waals surface area (Å²) in [6, 6.07) is 0. The van der Waals surface area contributed by atoms with E-state index in [1.54, 1.807) is 0 Å². The highest BCUT2D eigenvalue weighted by atomic mass is 79.9. The van der Waals surface area contributed by atoms with Crippen LogP contribution in [-0.2, 0) is 11.3 Å². The first-order valence-electron chi connectivity index (χ1n) is 5.64. The predicted molar refractivity (Wildman–Crippen MR) is 65.0 cm³/mol. The minimum Gasteiger partial charge on any atom is -0.356 e. The third kappa shape index (κ3) is 3.07. The molecule has 0 atom stereocenters. The topological polar surface area (TPSA) is 46.9 Å². The number of nitrogens with zero attached hydrogens (tertiary/aromatic N) is 2. The molecule has 0 saturated heterocycles. The maximum Gasteiger partial charge on any atom is 0.223 e. The van der Waals surface area contributed by atoms with Gasteiger partial charge >= 0.3 is 0 Å². The SMILES string of the molecule is Cc1nn(CCCNC(=O)C2CC2)cc1Br. The molecule has 0 aromatic carbocycles. The molecular weight excluding hydrogens is 270 g/mol. The van der Waals surface area contributed by atoms with E-state index in [0.717, 1.165) is 42.5 Å². The molecule has 88 valence electrons. The standard InChI is InChI=1S/C11H16BrN3O/c1-8-10(12)7-15(14-8)6-2-5-13-11(16)9-3-4-9/h7,9H,2-6H2,1H3,(H,13,16). The van der Waals surface area contributed by atoms with Crippen LogP contribution in [0, 0.1) is 12.8 Å². The minimum atomic E-state index is 0.220. The number of nitrogens with one attached hydrogen (secondary N) is 1. The van der Waals surface area contributed by atoms with Crippen molar-refractivity contribution >= 4 is 21.8 Å². The highest BCUT2D eigenvalue weighted by Gasteiger charge is 2.28. The monoisotopic (exact) mass is 285 g/mol. The average molecular weight is 286 g/mol. The lowest BCUT2D eigenvalue weighted by Gasteiger charge is -2.04. The molecule has 1 aliphatic carbocycles. The molecule has 0 spiro atoms. The van der Waals surface area contributed by atoms with E-state index < -0.39 is 0 Å². The number of hydrogen-bond acceptors (Lipinski definition) is 2. The van der Waals surface area contributed by atoms with Crippen LogP contribution < -0.4 is 5.32 Å². The molecule has 1 fully saturated rings. The molecular formula is C11H16BrN3O. The number of halogens is 1. The molecule has 1 heterocycles. The molecule has 0 bridgehead atoms. The number of rotatable bonds is 5. The van der Waals surface area contributed by atoms with Crippen LogP contribution in [-0.4, -0.2) is 22.2 Å². The lowest BCUT2D eigenvalue weighted by molar-refractivity contribution is -0.122. The lowest BCUT2D eigenvalue weighted by Crippen LogP contribution is -2.26. The van der Waals surface area contributed by atoms with Gasteiger partial charge in [0.05, 0.1) is 10.2 Å². The van der Waals surface area contributed by atoms with Gasteiger partial charge in [-0.3, -0.25) is 9.48 Å². The maximum atomic E-state index is 11.3. The smallest absolute Gasteiger partial charge is 0.223 e. The lowest BCUT2D eigenvalue weighted by atomic mass is 10.3. The summed E-state index contributed by atoms with van der Waals surface area (Å²) < 4.78 is 2.94. The first-order valence-corrected chi connectivity index (χ1v) is 6.43. The van der Waals surface area contributed by atoms with Gasteiger partial charge in [0.2, 0.25) is 5.91 Å². The summed E-state index contributed by atoms with van der Waals surface area (Å²) >= 11 is 3.42. The van der Waals surface area contributed by atoms with Crippen molar-refractivity contribution in [2.45, 2.75) is 32.7 Å². The molecule has 1 N–H and O–H groups in total. The average Bonchev–Trinajstić information content (AvgIpc) is 3.03. The zero-order valence-corrected chi connectivity index (χ0v) is 11.0. The Morgan fingerprint density at radius 3 is 3.00 bits per heavy atom. The van der Waals surface area contributed by atoms with Crippen LogP contribution in [0.4, 0.5) is 0 Å². The largest absolute Gasteiger partial charge is 0.356 e. The van der Waals surface area contributed by atoms with Gasteiger partial charge in [-0.2, -0.15) is 5.10 Å². The van der Waals surface area contributed by atoms with E-state index >= 15 is 0 Å². The van der Waals surface area contributed by atoms with Crippen LogP contribution in [0.1, 0.15) is 25.0 Å². The third-order valence-corrected chi connectivity index (χ3v) is 3.48. The van der Waals surface area contributed by atoms with Gasteiger partial charge in [0.15, 0.2) is 0 Å². The molecule has 4 nitrogen and oxygen atoms in total. The molecule has 1 aromatic heterocycles.